The van der Waals surface area contributed by atoms with Crippen molar-refractivity contribution in [1.82, 2.24) is 0 Å². The molecule has 1 aliphatic rings. The first-order valence-electron chi connectivity index (χ1n) is 7.02. The van der Waals surface area contributed by atoms with Gasteiger partial charge in [-0.2, -0.15) is 0 Å². The highest BCUT2D eigenvalue weighted by Crippen LogP contribution is 2.50. The van der Waals surface area contributed by atoms with Gasteiger partial charge in [-0.15, -0.1) is 11.3 Å². The number of aliphatic hydroxyl groups excluding tert-OH is 1. The highest BCUT2D eigenvalue weighted by Gasteiger charge is 2.43. The third kappa shape index (κ3) is 2.24. The summed E-state index contributed by atoms with van der Waals surface area (Å²) < 4.78 is 0. The van der Waals surface area contributed by atoms with E-state index >= 15 is 0 Å². The molecule has 1 heterocycles. The molecule has 1 atom stereocenters. The van der Waals surface area contributed by atoms with Gasteiger partial charge in [-0.1, -0.05) is 43.2 Å². The van der Waals surface area contributed by atoms with E-state index in [0.29, 0.717) is 0 Å². The lowest BCUT2D eigenvalue weighted by molar-refractivity contribution is 0.0854. The molecule has 0 aliphatic heterocycles. The summed E-state index contributed by atoms with van der Waals surface area (Å²) in [5.41, 5.74) is 1.23. The SMILES string of the molecule is Cc1ccc(C(O)C2(c3ccccc3)CCCC2)s1. The standard InChI is InChI=1S/C17H20OS/c1-13-9-10-15(19-13)16(18)17(11-5-6-12-17)14-7-3-2-4-8-14/h2-4,7-10,16,18H,5-6,11-12H2,1H3. The first kappa shape index (κ1) is 12.9. The van der Waals surface area contributed by atoms with Gasteiger partial charge in [0, 0.05) is 15.2 Å². The van der Waals surface area contributed by atoms with Gasteiger partial charge in [0.25, 0.3) is 0 Å². The molecule has 0 spiro atoms. The Morgan fingerprint density at radius 1 is 1.05 bits per heavy atom. The molecule has 0 bridgehead atoms. The van der Waals surface area contributed by atoms with E-state index < -0.39 is 0 Å². The quantitative estimate of drug-likeness (QED) is 0.865. The molecule has 2 heteroatoms. The van der Waals surface area contributed by atoms with Crippen molar-refractivity contribution in [1.29, 1.82) is 0 Å². The maximum Gasteiger partial charge on any atom is 0.0978 e. The van der Waals surface area contributed by atoms with E-state index in [1.54, 1.807) is 11.3 Å². The fourth-order valence-electron chi connectivity index (χ4n) is 3.37. The van der Waals surface area contributed by atoms with Crippen LogP contribution < -0.4 is 0 Å². The Balaban J connectivity index is 2.01. The summed E-state index contributed by atoms with van der Waals surface area (Å²) in [4.78, 5) is 2.39. The average Bonchev–Trinajstić information content (AvgIpc) is 3.08. The second-order valence-electron chi connectivity index (χ2n) is 5.58. The van der Waals surface area contributed by atoms with E-state index in [1.807, 2.05) is 6.07 Å². The Kier molecular flexibility index (Phi) is 3.46. The molecule has 0 saturated heterocycles. The summed E-state index contributed by atoms with van der Waals surface area (Å²) >= 11 is 1.73. The molecule has 19 heavy (non-hydrogen) atoms. The molecular formula is C17H20OS. The van der Waals surface area contributed by atoms with Crippen LogP contribution in [0.1, 0.15) is 47.1 Å². The van der Waals surface area contributed by atoms with E-state index in [2.05, 4.69) is 43.3 Å². The van der Waals surface area contributed by atoms with Crippen molar-refractivity contribution in [2.45, 2.75) is 44.1 Å². The number of aryl methyl sites for hydroxylation is 1. The highest BCUT2D eigenvalue weighted by atomic mass is 32.1. The zero-order chi connectivity index (χ0) is 13.3. The van der Waals surface area contributed by atoms with E-state index in [4.69, 9.17) is 0 Å². The number of rotatable bonds is 3. The number of aliphatic hydroxyl groups is 1. The number of hydrogen-bond donors (Lipinski definition) is 1. The van der Waals surface area contributed by atoms with Gasteiger partial charge in [-0.3, -0.25) is 0 Å². The third-order valence-electron chi connectivity index (χ3n) is 4.40. The molecule has 2 aromatic rings. The van der Waals surface area contributed by atoms with Crippen LogP contribution in [0.5, 0.6) is 0 Å². The Bertz CT molecular complexity index is 537. The first-order valence-corrected chi connectivity index (χ1v) is 7.84. The second-order valence-corrected chi connectivity index (χ2v) is 6.90. The zero-order valence-corrected chi connectivity index (χ0v) is 12.1. The molecule has 3 rings (SSSR count). The molecule has 0 amide bonds. The molecule has 1 aliphatic carbocycles. The van der Waals surface area contributed by atoms with Gasteiger partial charge < -0.3 is 5.11 Å². The van der Waals surface area contributed by atoms with E-state index in [-0.39, 0.29) is 11.5 Å². The van der Waals surface area contributed by atoms with Crippen LogP contribution in [0.15, 0.2) is 42.5 Å². The van der Waals surface area contributed by atoms with Crippen LogP contribution in [-0.2, 0) is 5.41 Å². The van der Waals surface area contributed by atoms with Crippen molar-refractivity contribution in [2.75, 3.05) is 0 Å². The summed E-state index contributed by atoms with van der Waals surface area (Å²) in [6.45, 7) is 2.10. The largest absolute Gasteiger partial charge is 0.387 e. The molecule has 1 nitrogen and oxygen atoms in total. The summed E-state index contributed by atoms with van der Waals surface area (Å²) in [5.74, 6) is 0. The van der Waals surface area contributed by atoms with Crippen LogP contribution in [0, 0.1) is 6.92 Å². The first-order chi connectivity index (χ1) is 9.22. The van der Waals surface area contributed by atoms with E-state index in [0.717, 1.165) is 17.7 Å². The van der Waals surface area contributed by atoms with Gasteiger partial charge in [0.2, 0.25) is 0 Å². The molecule has 1 aromatic heterocycles. The molecule has 100 valence electrons. The Morgan fingerprint density at radius 2 is 1.74 bits per heavy atom. The van der Waals surface area contributed by atoms with Crippen LogP contribution in [0.2, 0.25) is 0 Å². The van der Waals surface area contributed by atoms with Crippen molar-refractivity contribution in [2.24, 2.45) is 0 Å². The van der Waals surface area contributed by atoms with Crippen LogP contribution in [0.3, 0.4) is 0 Å². The molecule has 1 aromatic carbocycles. The molecule has 1 fully saturated rings. The van der Waals surface area contributed by atoms with Crippen molar-refractivity contribution in [3.05, 3.63) is 57.8 Å². The van der Waals surface area contributed by atoms with Gasteiger partial charge in [-0.05, 0) is 37.5 Å². The minimum absolute atomic E-state index is 0.0709. The van der Waals surface area contributed by atoms with Crippen molar-refractivity contribution in [3.8, 4) is 0 Å². The van der Waals surface area contributed by atoms with E-state index in [1.165, 1.54) is 23.3 Å². The van der Waals surface area contributed by atoms with Crippen molar-refractivity contribution < 1.29 is 5.11 Å². The highest BCUT2D eigenvalue weighted by molar-refractivity contribution is 7.12. The number of hydrogen-bond acceptors (Lipinski definition) is 2. The Labute approximate surface area is 118 Å². The second kappa shape index (κ2) is 5.10. The minimum Gasteiger partial charge on any atom is -0.387 e. The van der Waals surface area contributed by atoms with Gasteiger partial charge in [-0.25, -0.2) is 0 Å². The van der Waals surface area contributed by atoms with Crippen LogP contribution >= 0.6 is 11.3 Å². The van der Waals surface area contributed by atoms with Crippen molar-refractivity contribution in [3.63, 3.8) is 0 Å². The Morgan fingerprint density at radius 3 is 2.32 bits per heavy atom. The predicted octanol–water partition coefficient (Wildman–Crippen LogP) is 4.60. The fourth-order valence-corrected chi connectivity index (χ4v) is 4.35. The smallest absolute Gasteiger partial charge is 0.0978 e. The van der Waals surface area contributed by atoms with Crippen molar-refractivity contribution >= 4 is 11.3 Å². The van der Waals surface area contributed by atoms with Gasteiger partial charge in [0.05, 0.1) is 6.10 Å². The average molecular weight is 272 g/mol. The Hall–Kier alpha value is -1.12. The van der Waals surface area contributed by atoms with Crippen LogP contribution in [0.25, 0.3) is 0 Å². The van der Waals surface area contributed by atoms with Gasteiger partial charge in [0.15, 0.2) is 0 Å². The fraction of sp³-hybridized carbons (Fsp3) is 0.412. The molecule has 1 saturated carbocycles. The summed E-state index contributed by atoms with van der Waals surface area (Å²) in [7, 11) is 0. The topological polar surface area (TPSA) is 20.2 Å². The predicted molar refractivity (Wildman–Crippen MR) is 80.6 cm³/mol. The molecular weight excluding hydrogens is 252 g/mol. The molecule has 1 unspecified atom stereocenters. The maximum absolute atomic E-state index is 10.9. The lowest BCUT2D eigenvalue weighted by Gasteiger charge is -2.34. The molecule has 1 N–H and O–H groups in total. The summed E-state index contributed by atoms with van der Waals surface area (Å²) in [6, 6.07) is 14.8. The monoisotopic (exact) mass is 272 g/mol. The minimum atomic E-state index is -0.365. The summed E-state index contributed by atoms with van der Waals surface area (Å²) in [6.07, 6.45) is 4.26. The molecule has 0 radical (unpaired) electrons. The van der Waals surface area contributed by atoms with Crippen LogP contribution in [-0.4, -0.2) is 5.11 Å². The maximum atomic E-state index is 10.9. The lowest BCUT2D eigenvalue weighted by atomic mass is 9.73. The lowest BCUT2D eigenvalue weighted by Crippen LogP contribution is -2.30. The zero-order valence-electron chi connectivity index (χ0n) is 11.3. The number of benzene rings is 1. The number of thiophene rings is 1. The van der Waals surface area contributed by atoms with Gasteiger partial charge in [0.1, 0.15) is 0 Å². The summed E-state index contributed by atoms with van der Waals surface area (Å²) in [5, 5.41) is 10.9. The van der Waals surface area contributed by atoms with E-state index in [9.17, 15) is 5.11 Å². The normalized spacial score (nSPS) is 19.5. The van der Waals surface area contributed by atoms with Gasteiger partial charge >= 0.3 is 0 Å². The van der Waals surface area contributed by atoms with Crippen LogP contribution in [0.4, 0.5) is 0 Å². The third-order valence-corrected chi connectivity index (χ3v) is 5.45.